The molecule has 9 heteroatoms. The fourth-order valence-electron chi connectivity index (χ4n) is 2.80. The first-order chi connectivity index (χ1) is 12.0. The molecule has 1 aliphatic rings. The number of hydrogen-bond donors (Lipinski definition) is 1. The Kier molecular flexibility index (Phi) is 5.14. The van der Waals surface area contributed by atoms with Crippen LogP contribution in [0.5, 0.6) is 5.75 Å². The van der Waals surface area contributed by atoms with Crippen molar-refractivity contribution in [2.75, 3.05) is 0 Å². The van der Waals surface area contributed by atoms with Crippen LogP contribution < -0.4 is 10.1 Å². The minimum atomic E-state index is -0.309. The van der Waals surface area contributed by atoms with Crippen molar-refractivity contribution in [1.29, 1.82) is 5.26 Å². The summed E-state index contributed by atoms with van der Waals surface area (Å²) in [7, 11) is 1.61. The van der Waals surface area contributed by atoms with Crippen LogP contribution in [0, 0.1) is 11.3 Å². The number of rotatable bonds is 4. The lowest BCUT2D eigenvalue weighted by Crippen LogP contribution is -2.40. The highest BCUT2D eigenvalue weighted by molar-refractivity contribution is 6.31. The SMILES string of the molecule is Cn1nnc(C(=O)N[C@H]2CC[C@H](Oc3ccc(C#N)c(Cl)c3)CC2)n1. The van der Waals surface area contributed by atoms with E-state index in [4.69, 9.17) is 21.6 Å². The normalized spacial score (nSPS) is 19.9. The molecule has 1 aliphatic carbocycles. The number of nitrogens with one attached hydrogen (secondary N) is 1. The molecule has 0 atom stereocenters. The van der Waals surface area contributed by atoms with Crippen molar-refractivity contribution >= 4 is 17.5 Å². The molecule has 1 saturated carbocycles. The Morgan fingerprint density at radius 1 is 1.40 bits per heavy atom. The van der Waals surface area contributed by atoms with Crippen molar-refractivity contribution < 1.29 is 9.53 Å². The van der Waals surface area contributed by atoms with E-state index in [-0.39, 0.29) is 23.9 Å². The number of tetrazole rings is 1. The topological polar surface area (TPSA) is 106 Å². The molecule has 1 heterocycles. The van der Waals surface area contributed by atoms with Crippen molar-refractivity contribution in [3.8, 4) is 11.8 Å². The molecule has 130 valence electrons. The maximum Gasteiger partial charge on any atom is 0.293 e. The van der Waals surface area contributed by atoms with Gasteiger partial charge in [0.15, 0.2) is 0 Å². The van der Waals surface area contributed by atoms with Crippen LogP contribution in [-0.2, 0) is 7.05 Å². The van der Waals surface area contributed by atoms with E-state index in [9.17, 15) is 4.79 Å². The summed E-state index contributed by atoms with van der Waals surface area (Å²) in [4.78, 5) is 13.3. The van der Waals surface area contributed by atoms with Gasteiger partial charge in [-0.1, -0.05) is 11.6 Å². The van der Waals surface area contributed by atoms with E-state index in [1.807, 2.05) is 6.07 Å². The quantitative estimate of drug-likeness (QED) is 0.891. The summed E-state index contributed by atoms with van der Waals surface area (Å²) in [5.74, 6) is 0.421. The number of amides is 1. The number of aromatic nitrogens is 4. The van der Waals surface area contributed by atoms with Crippen LogP contribution >= 0.6 is 11.6 Å². The smallest absolute Gasteiger partial charge is 0.293 e. The van der Waals surface area contributed by atoms with E-state index in [1.165, 1.54) is 4.80 Å². The zero-order valence-corrected chi connectivity index (χ0v) is 14.4. The van der Waals surface area contributed by atoms with Crippen LogP contribution in [0.3, 0.4) is 0 Å². The molecule has 1 aromatic carbocycles. The van der Waals surface area contributed by atoms with Crippen molar-refractivity contribution in [1.82, 2.24) is 25.5 Å². The fraction of sp³-hybridized carbons (Fsp3) is 0.438. The van der Waals surface area contributed by atoms with Crippen LogP contribution in [0.15, 0.2) is 18.2 Å². The molecule has 0 bridgehead atoms. The van der Waals surface area contributed by atoms with Crippen LogP contribution in [0.25, 0.3) is 0 Å². The van der Waals surface area contributed by atoms with E-state index < -0.39 is 0 Å². The van der Waals surface area contributed by atoms with Gasteiger partial charge in [0.1, 0.15) is 11.8 Å². The first kappa shape index (κ1) is 17.2. The number of carbonyl (C=O) groups excluding carboxylic acids is 1. The lowest BCUT2D eigenvalue weighted by atomic mass is 9.93. The van der Waals surface area contributed by atoms with E-state index in [0.29, 0.717) is 16.3 Å². The third kappa shape index (κ3) is 4.25. The van der Waals surface area contributed by atoms with Gasteiger partial charge in [-0.2, -0.15) is 10.1 Å². The molecule has 0 radical (unpaired) electrons. The predicted molar refractivity (Wildman–Crippen MR) is 89.1 cm³/mol. The molecule has 1 aromatic heterocycles. The number of nitrogens with zero attached hydrogens (tertiary/aromatic N) is 5. The molecule has 1 N–H and O–H groups in total. The molecule has 0 saturated heterocycles. The minimum Gasteiger partial charge on any atom is -0.490 e. The predicted octanol–water partition coefficient (Wildman–Crippen LogP) is 1.86. The Morgan fingerprint density at radius 2 is 2.16 bits per heavy atom. The van der Waals surface area contributed by atoms with Gasteiger partial charge in [-0.15, -0.1) is 10.2 Å². The Bertz CT molecular complexity index is 807. The van der Waals surface area contributed by atoms with Crippen molar-refractivity contribution in [2.45, 2.75) is 37.8 Å². The van der Waals surface area contributed by atoms with Gasteiger partial charge in [0.05, 0.1) is 23.7 Å². The van der Waals surface area contributed by atoms with Crippen molar-refractivity contribution in [3.63, 3.8) is 0 Å². The maximum absolute atomic E-state index is 12.0. The molecule has 1 fully saturated rings. The van der Waals surface area contributed by atoms with Crippen molar-refractivity contribution in [2.24, 2.45) is 7.05 Å². The zero-order chi connectivity index (χ0) is 17.8. The number of ether oxygens (including phenoxy) is 1. The maximum atomic E-state index is 12.0. The van der Waals surface area contributed by atoms with Crippen LogP contribution in [-0.4, -0.2) is 38.3 Å². The summed E-state index contributed by atoms with van der Waals surface area (Å²) in [5.41, 5.74) is 0.429. The standard InChI is InChI=1S/C16H17ClN6O2/c1-23-21-15(20-22-23)16(24)19-11-3-6-12(7-4-11)25-13-5-2-10(9-18)14(17)8-13/h2,5,8,11-12H,3-4,6-7H2,1H3,(H,19,24)/t11-,12-. The van der Waals surface area contributed by atoms with E-state index >= 15 is 0 Å². The van der Waals surface area contributed by atoms with Gasteiger partial charge >= 0.3 is 0 Å². The molecule has 25 heavy (non-hydrogen) atoms. The Hall–Kier alpha value is -2.66. The zero-order valence-electron chi connectivity index (χ0n) is 13.6. The molecule has 8 nitrogen and oxygen atoms in total. The van der Waals surface area contributed by atoms with Gasteiger partial charge in [0, 0.05) is 12.1 Å². The third-order valence-corrected chi connectivity index (χ3v) is 4.40. The third-order valence-electron chi connectivity index (χ3n) is 4.08. The van der Waals surface area contributed by atoms with Gasteiger partial charge in [-0.05, 0) is 43.0 Å². The minimum absolute atomic E-state index is 0.0618. The molecule has 2 aromatic rings. The Balaban J connectivity index is 1.49. The fourth-order valence-corrected chi connectivity index (χ4v) is 3.02. The molecule has 3 rings (SSSR count). The van der Waals surface area contributed by atoms with Gasteiger partial charge in [-0.25, -0.2) is 0 Å². The second kappa shape index (κ2) is 7.49. The molecular weight excluding hydrogens is 344 g/mol. The highest BCUT2D eigenvalue weighted by atomic mass is 35.5. The number of halogens is 1. The Labute approximate surface area is 149 Å². The average molecular weight is 361 g/mol. The molecule has 0 unspecified atom stereocenters. The van der Waals surface area contributed by atoms with Crippen LogP contribution in [0.2, 0.25) is 5.02 Å². The number of nitriles is 1. The number of benzene rings is 1. The summed E-state index contributed by atoms with van der Waals surface area (Å²) in [6.45, 7) is 0. The number of aryl methyl sites for hydroxylation is 1. The van der Waals surface area contributed by atoms with Crippen molar-refractivity contribution in [3.05, 3.63) is 34.6 Å². The van der Waals surface area contributed by atoms with Gasteiger partial charge in [0.2, 0.25) is 0 Å². The van der Waals surface area contributed by atoms with Crippen LogP contribution in [0.1, 0.15) is 41.9 Å². The first-order valence-corrected chi connectivity index (χ1v) is 8.34. The molecular formula is C16H17ClN6O2. The summed E-state index contributed by atoms with van der Waals surface area (Å²) >= 11 is 6.02. The Morgan fingerprint density at radius 3 is 2.76 bits per heavy atom. The number of carbonyl (C=O) groups is 1. The average Bonchev–Trinajstić information content (AvgIpc) is 3.03. The molecule has 0 aliphatic heterocycles. The summed E-state index contributed by atoms with van der Waals surface area (Å²) in [6, 6.07) is 7.15. The summed E-state index contributed by atoms with van der Waals surface area (Å²) in [6.07, 6.45) is 3.31. The van der Waals surface area contributed by atoms with Gasteiger partial charge in [-0.3, -0.25) is 4.79 Å². The summed E-state index contributed by atoms with van der Waals surface area (Å²) < 4.78 is 5.93. The lowest BCUT2D eigenvalue weighted by molar-refractivity contribution is 0.0883. The highest BCUT2D eigenvalue weighted by Crippen LogP contribution is 2.27. The van der Waals surface area contributed by atoms with E-state index in [1.54, 1.807) is 25.2 Å². The molecule has 1 amide bonds. The van der Waals surface area contributed by atoms with E-state index in [2.05, 4.69) is 20.7 Å². The summed E-state index contributed by atoms with van der Waals surface area (Å²) in [5, 5.41) is 23.5. The number of hydrogen-bond acceptors (Lipinski definition) is 6. The molecule has 0 spiro atoms. The second-order valence-corrected chi connectivity index (χ2v) is 6.33. The van der Waals surface area contributed by atoms with E-state index in [0.717, 1.165) is 25.7 Å². The highest BCUT2D eigenvalue weighted by Gasteiger charge is 2.25. The van der Waals surface area contributed by atoms with Gasteiger partial charge < -0.3 is 10.1 Å². The lowest BCUT2D eigenvalue weighted by Gasteiger charge is -2.29. The van der Waals surface area contributed by atoms with Gasteiger partial charge in [0.25, 0.3) is 11.7 Å². The second-order valence-electron chi connectivity index (χ2n) is 5.92. The monoisotopic (exact) mass is 360 g/mol. The van der Waals surface area contributed by atoms with Crippen LogP contribution in [0.4, 0.5) is 0 Å². The largest absolute Gasteiger partial charge is 0.490 e. The first-order valence-electron chi connectivity index (χ1n) is 7.96.